The average Bonchev–Trinajstić information content (AvgIpc) is 3.39. The van der Waals surface area contributed by atoms with Gasteiger partial charge in [-0.3, -0.25) is 14.4 Å². The van der Waals surface area contributed by atoms with Gasteiger partial charge in [0.1, 0.15) is 11.6 Å². The van der Waals surface area contributed by atoms with Crippen molar-refractivity contribution in [1.82, 2.24) is 15.5 Å². The summed E-state index contributed by atoms with van der Waals surface area (Å²) in [7, 11) is 0. The largest absolute Gasteiger partial charge is 0.395 e. The third-order valence-electron chi connectivity index (χ3n) is 8.31. The number of carbonyl (C=O) groups is 3. The molecule has 3 aliphatic rings. The van der Waals surface area contributed by atoms with Crippen molar-refractivity contribution in [3.8, 4) is 0 Å². The molecule has 5 rings (SSSR count). The number of aliphatic hydroxyl groups excluding tert-OH is 1. The van der Waals surface area contributed by atoms with E-state index in [1.54, 1.807) is 0 Å². The maximum absolute atomic E-state index is 13.8. The van der Waals surface area contributed by atoms with Crippen LogP contribution in [-0.2, 0) is 32.2 Å². The lowest BCUT2D eigenvalue weighted by Gasteiger charge is -2.36. The van der Waals surface area contributed by atoms with Gasteiger partial charge in [-0.15, -0.1) is 0 Å². The minimum Gasteiger partial charge on any atom is -0.395 e. The number of benzene rings is 2. The fourth-order valence-corrected chi connectivity index (χ4v) is 6.56. The van der Waals surface area contributed by atoms with Gasteiger partial charge in [0.15, 0.2) is 0 Å². The summed E-state index contributed by atoms with van der Waals surface area (Å²) in [4.78, 5) is 42.4. The van der Waals surface area contributed by atoms with Crippen molar-refractivity contribution in [1.29, 1.82) is 0 Å². The van der Waals surface area contributed by atoms with Crippen LogP contribution in [0.25, 0.3) is 0 Å². The number of rotatable bonds is 8. The van der Waals surface area contributed by atoms with E-state index >= 15 is 0 Å². The molecule has 3 unspecified atom stereocenters. The van der Waals surface area contributed by atoms with E-state index in [0.29, 0.717) is 19.5 Å². The molecule has 0 aliphatic carbocycles. The number of nitrogens with one attached hydrogen (secondary N) is 2. The van der Waals surface area contributed by atoms with Crippen molar-refractivity contribution in [3.05, 3.63) is 71.8 Å². The lowest BCUT2D eigenvalue weighted by atomic mass is 9.62. The number of aliphatic hydroxyl groups is 1. The summed E-state index contributed by atoms with van der Waals surface area (Å²) in [6.07, 6.45) is 0.494. The number of fused-ring (bicyclic) bond motifs is 1. The Labute approximate surface area is 211 Å². The summed E-state index contributed by atoms with van der Waals surface area (Å²) in [5.41, 5.74) is -0.0888. The highest BCUT2D eigenvalue weighted by molar-refractivity contribution is 5.99. The number of hydrogen-bond donors (Lipinski definition) is 3. The topological polar surface area (TPSA) is 108 Å². The van der Waals surface area contributed by atoms with Crippen LogP contribution < -0.4 is 10.6 Å². The molecular formula is C28H33N3O5. The first-order valence-corrected chi connectivity index (χ1v) is 12.6. The van der Waals surface area contributed by atoms with Crippen LogP contribution in [0, 0.1) is 17.8 Å². The zero-order chi connectivity index (χ0) is 25.5. The highest BCUT2D eigenvalue weighted by Gasteiger charge is 2.79. The van der Waals surface area contributed by atoms with E-state index in [9.17, 15) is 19.5 Å². The summed E-state index contributed by atoms with van der Waals surface area (Å²) in [5, 5.41) is 15.7. The summed E-state index contributed by atoms with van der Waals surface area (Å²) in [6.45, 7) is 4.28. The first kappa shape index (κ1) is 24.5. The van der Waals surface area contributed by atoms with Crippen molar-refractivity contribution in [2.24, 2.45) is 17.8 Å². The summed E-state index contributed by atoms with van der Waals surface area (Å²) in [5.74, 6) is -2.43. The predicted octanol–water partition coefficient (Wildman–Crippen LogP) is 1.62. The molecule has 3 heterocycles. The second-order valence-electron chi connectivity index (χ2n) is 10.4. The molecular weight excluding hydrogens is 458 g/mol. The lowest BCUT2D eigenvalue weighted by molar-refractivity contribution is -0.148. The van der Waals surface area contributed by atoms with Gasteiger partial charge in [-0.25, -0.2) is 0 Å². The molecule has 3 amide bonds. The lowest BCUT2D eigenvalue weighted by Crippen LogP contribution is -2.56. The molecule has 3 aliphatic heterocycles. The number of likely N-dealkylation sites (tertiary alicyclic amines) is 1. The molecule has 8 nitrogen and oxygen atoms in total. The molecule has 2 aromatic rings. The number of nitrogens with zero attached hydrogens (tertiary/aromatic N) is 1. The molecule has 8 heteroatoms. The Kier molecular flexibility index (Phi) is 6.34. The Morgan fingerprint density at radius 2 is 1.56 bits per heavy atom. The first-order valence-electron chi connectivity index (χ1n) is 12.6. The van der Waals surface area contributed by atoms with Crippen molar-refractivity contribution in [3.63, 3.8) is 0 Å². The third-order valence-corrected chi connectivity index (χ3v) is 8.31. The number of β-amino-alcohol motifs (C(OH)–C–C–N with tert-alkyl or cyclic N) is 1. The Morgan fingerprint density at radius 1 is 1.00 bits per heavy atom. The van der Waals surface area contributed by atoms with Crippen LogP contribution in [0.15, 0.2) is 60.7 Å². The SMILES string of the molecule is CC1CC23O[C@@]1(C)[C@H](C(=O)NCc1ccccc1)[C@H]2C(=O)N(CCO)C3C(=O)NCc1ccccc1. The monoisotopic (exact) mass is 491 g/mol. The summed E-state index contributed by atoms with van der Waals surface area (Å²) < 4.78 is 6.64. The second-order valence-corrected chi connectivity index (χ2v) is 10.4. The second kappa shape index (κ2) is 9.33. The van der Waals surface area contributed by atoms with Crippen molar-refractivity contribution < 1.29 is 24.2 Å². The van der Waals surface area contributed by atoms with Gasteiger partial charge in [-0.2, -0.15) is 0 Å². The van der Waals surface area contributed by atoms with E-state index in [1.807, 2.05) is 74.5 Å². The van der Waals surface area contributed by atoms with E-state index in [1.165, 1.54) is 4.90 Å². The molecule has 1 spiro atoms. The van der Waals surface area contributed by atoms with Crippen LogP contribution in [0.4, 0.5) is 0 Å². The highest BCUT2D eigenvalue weighted by atomic mass is 16.5. The average molecular weight is 492 g/mol. The van der Waals surface area contributed by atoms with Gasteiger partial charge in [0.05, 0.1) is 24.0 Å². The van der Waals surface area contributed by atoms with Crippen LogP contribution in [-0.4, -0.2) is 58.1 Å². The Morgan fingerprint density at radius 3 is 2.11 bits per heavy atom. The molecule has 190 valence electrons. The quantitative estimate of drug-likeness (QED) is 0.520. The minimum atomic E-state index is -1.12. The van der Waals surface area contributed by atoms with E-state index < -0.39 is 29.1 Å². The third kappa shape index (κ3) is 3.79. The fraction of sp³-hybridized carbons (Fsp3) is 0.464. The Bertz CT molecular complexity index is 1140. The van der Waals surface area contributed by atoms with Crippen LogP contribution in [0.5, 0.6) is 0 Å². The van der Waals surface area contributed by atoms with E-state index in [4.69, 9.17) is 4.74 Å². The molecule has 2 bridgehead atoms. The van der Waals surface area contributed by atoms with Gasteiger partial charge in [-0.1, -0.05) is 67.6 Å². The molecule has 3 N–H and O–H groups in total. The summed E-state index contributed by atoms with van der Waals surface area (Å²) in [6, 6.07) is 18.2. The minimum absolute atomic E-state index is 0.00726. The molecule has 36 heavy (non-hydrogen) atoms. The van der Waals surface area contributed by atoms with E-state index in [-0.39, 0.29) is 36.8 Å². The molecule has 0 radical (unpaired) electrons. The number of carbonyl (C=O) groups excluding carboxylic acids is 3. The van der Waals surface area contributed by atoms with Crippen molar-refractivity contribution in [2.75, 3.05) is 13.2 Å². The van der Waals surface area contributed by atoms with Crippen LogP contribution >= 0.6 is 0 Å². The van der Waals surface area contributed by atoms with Gasteiger partial charge in [0.25, 0.3) is 0 Å². The zero-order valence-electron chi connectivity index (χ0n) is 20.6. The van der Waals surface area contributed by atoms with Crippen molar-refractivity contribution in [2.45, 2.75) is 50.6 Å². The van der Waals surface area contributed by atoms with Gasteiger partial charge in [-0.05, 0) is 30.4 Å². The maximum Gasteiger partial charge on any atom is 0.246 e. The van der Waals surface area contributed by atoms with E-state index in [2.05, 4.69) is 10.6 Å². The Hall–Kier alpha value is -3.23. The number of ether oxygens (including phenoxy) is 1. The predicted molar refractivity (Wildman–Crippen MR) is 132 cm³/mol. The van der Waals surface area contributed by atoms with Gasteiger partial charge in [0.2, 0.25) is 17.7 Å². The molecule has 0 aromatic heterocycles. The van der Waals surface area contributed by atoms with Crippen LogP contribution in [0.2, 0.25) is 0 Å². The summed E-state index contributed by atoms with van der Waals surface area (Å²) >= 11 is 0. The maximum atomic E-state index is 13.8. The smallest absolute Gasteiger partial charge is 0.246 e. The van der Waals surface area contributed by atoms with Crippen LogP contribution in [0.1, 0.15) is 31.4 Å². The van der Waals surface area contributed by atoms with Gasteiger partial charge < -0.3 is 25.4 Å². The Balaban J connectivity index is 1.43. The molecule has 3 saturated heterocycles. The van der Waals surface area contributed by atoms with Gasteiger partial charge >= 0.3 is 0 Å². The molecule has 0 saturated carbocycles. The molecule has 2 aromatic carbocycles. The van der Waals surface area contributed by atoms with Crippen molar-refractivity contribution >= 4 is 17.7 Å². The first-order chi connectivity index (χ1) is 17.3. The fourth-order valence-electron chi connectivity index (χ4n) is 6.56. The standard InChI is InChI=1S/C28H33N3O5/c1-18-15-28-22(21(27(18,2)36-28)24(33)29-16-19-9-5-3-6-10-19)26(35)31(13-14-32)23(28)25(34)30-17-20-11-7-4-8-12-20/h3-12,18,21-23,32H,13-17H2,1-2H3,(H,29,33)(H,30,34)/t18?,21-,22-,23?,27+,28?/m0/s1. The van der Waals surface area contributed by atoms with E-state index in [0.717, 1.165) is 11.1 Å². The van der Waals surface area contributed by atoms with Gasteiger partial charge in [0, 0.05) is 19.6 Å². The number of amides is 3. The zero-order valence-corrected chi connectivity index (χ0v) is 20.6. The molecule has 6 atom stereocenters. The number of hydrogen-bond acceptors (Lipinski definition) is 5. The normalized spacial score (nSPS) is 32.4. The van der Waals surface area contributed by atoms with Crippen LogP contribution in [0.3, 0.4) is 0 Å². The highest BCUT2D eigenvalue weighted by Crippen LogP contribution is 2.65. The molecule has 3 fully saturated rings.